The SMILES string of the molecule is O=C(CBr)c1ccccc1N1CCCC1. The average molecular weight is 268 g/mol. The number of carbonyl (C=O) groups excluding carboxylic acids is 1. The van der Waals surface area contributed by atoms with Crippen molar-refractivity contribution in [3.63, 3.8) is 0 Å². The highest BCUT2D eigenvalue weighted by molar-refractivity contribution is 9.09. The predicted molar refractivity (Wildman–Crippen MR) is 66.0 cm³/mol. The average Bonchev–Trinajstić information content (AvgIpc) is 2.81. The van der Waals surface area contributed by atoms with E-state index in [9.17, 15) is 4.79 Å². The minimum Gasteiger partial charge on any atom is -0.371 e. The smallest absolute Gasteiger partial charge is 0.175 e. The van der Waals surface area contributed by atoms with Crippen LogP contribution in [0, 0.1) is 0 Å². The Morgan fingerprint density at radius 3 is 2.60 bits per heavy atom. The summed E-state index contributed by atoms with van der Waals surface area (Å²) in [5.41, 5.74) is 1.94. The van der Waals surface area contributed by atoms with Crippen molar-refractivity contribution in [2.24, 2.45) is 0 Å². The first kappa shape index (κ1) is 10.7. The summed E-state index contributed by atoms with van der Waals surface area (Å²) in [5.74, 6) is 0.164. The van der Waals surface area contributed by atoms with Gasteiger partial charge in [-0.05, 0) is 25.0 Å². The van der Waals surface area contributed by atoms with Gasteiger partial charge in [-0.1, -0.05) is 28.1 Å². The summed E-state index contributed by atoms with van der Waals surface area (Å²) in [4.78, 5) is 14.0. The molecule has 2 rings (SSSR count). The lowest BCUT2D eigenvalue weighted by molar-refractivity contribution is 0.102. The molecule has 1 saturated heterocycles. The van der Waals surface area contributed by atoms with Crippen LogP contribution in [0.2, 0.25) is 0 Å². The van der Waals surface area contributed by atoms with Gasteiger partial charge in [0, 0.05) is 24.3 Å². The quantitative estimate of drug-likeness (QED) is 0.620. The summed E-state index contributed by atoms with van der Waals surface area (Å²) in [7, 11) is 0. The molecule has 0 atom stereocenters. The molecule has 0 unspecified atom stereocenters. The van der Waals surface area contributed by atoms with Crippen molar-refractivity contribution in [1.82, 2.24) is 0 Å². The van der Waals surface area contributed by atoms with Crippen LogP contribution in [0.15, 0.2) is 24.3 Å². The van der Waals surface area contributed by atoms with Gasteiger partial charge >= 0.3 is 0 Å². The van der Waals surface area contributed by atoms with E-state index in [1.54, 1.807) is 0 Å². The van der Waals surface area contributed by atoms with Crippen LogP contribution in [-0.4, -0.2) is 24.2 Å². The Morgan fingerprint density at radius 1 is 1.27 bits per heavy atom. The van der Waals surface area contributed by atoms with Gasteiger partial charge in [-0.3, -0.25) is 4.79 Å². The minimum absolute atomic E-state index is 0.164. The molecule has 1 aromatic rings. The summed E-state index contributed by atoms with van der Waals surface area (Å²) >= 11 is 3.23. The molecule has 0 amide bonds. The highest BCUT2D eigenvalue weighted by Gasteiger charge is 2.17. The van der Waals surface area contributed by atoms with Crippen molar-refractivity contribution in [1.29, 1.82) is 0 Å². The lowest BCUT2D eigenvalue weighted by Gasteiger charge is -2.20. The third-order valence-corrected chi connectivity index (χ3v) is 3.28. The minimum atomic E-state index is 0.164. The van der Waals surface area contributed by atoms with Crippen LogP contribution in [0.25, 0.3) is 0 Å². The van der Waals surface area contributed by atoms with Crippen LogP contribution in [0.5, 0.6) is 0 Å². The van der Waals surface area contributed by atoms with Crippen LogP contribution in [0.3, 0.4) is 0 Å². The molecule has 3 heteroatoms. The lowest BCUT2D eigenvalue weighted by atomic mass is 10.1. The third-order valence-electron chi connectivity index (χ3n) is 2.77. The number of carbonyl (C=O) groups is 1. The third kappa shape index (κ3) is 2.23. The lowest BCUT2D eigenvalue weighted by Crippen LogP contribution is -2.20. The maximum Gasteiger partial charge on any atom is 0.175 e. The van der Waals surface area contributed by atoms with Crippen molar-refractivity contribution in [3.05, 3.63) is 29.8 Å². The van der Waals surface area contributed by atoms with Crippen molar-refractivity contribution < 1.29 is 4.79 Å². The van der Waals surface area contributed by atoms with Gasteiger partial charge in [0.15, 0.2) is 5.78 Å². The van der Waals surface area contributed by atoms with Gasteiger partial charge in [-0.15, -0.1) is 0 Å². The second-order valence-electron chi connectivity index (χ2n) is 3.77. The maximum absolute atomic E-state index is 11.7. The second kappa shape index (κ2) is 4.79. The number of anilines is 1. The number of halogens is 1. The number of alkyl halides is 1. The van der Waals surface area contributed by atoms with E-state index in [1.165, 1.54) is 12.8 Å². The van der Waals surface area contributed by atoms with Gasteiger partial charge in [0.05, 0.1) is 5.33 Å². The molecule has 1 aromatic carbocycles. The fraction of sp³-hybridized carbons (Fsp3) is 0.417. The Balaban J connectivity index is 2.32. The Bertz CT molecular complexity index is 358. The first-order valence-corrected chi connectivity index (χ1v) is 6.38. The maximum atomic E-state index is 11.7. The van der Waals surface area contributed by atoms with E-state index < -0.39 is 0 Å². The number of Topliss-reactive ketones (excluding diaryl/α,β-unsaturated/α-hetero) is 1. The Morgan fingerprint density at radius 2 is 1.93 bits per heavy atom. The van der Waals surface area contributed by atoms with Crippen LogP contribution in [0.1, 0.15) is 23.2 Å². The summed E-state index contributed by atoms with van der Waals surface area (Å²) in [6, 6.07) is 7.88. The zero-order chi connectivity index (χ0) is 10.7. The number of hydrogen-bond donors (Lipinski definition) is 0. The molecule has 0 radical (unpaired) electrons. The van der Waals surface area contributed by atoms with Gasteiger partial charge in [0.2, 0.25) is 0 Å². The largest absolute Gasteiger partial charge is 0.371 e. The summed E-state index contributed by atoms with van der Waals surface area (Å²) < 4.78 is 0. The molecule has 0 aromatic heterocycles. The molecule has 1 heterocycles. The summed E-state index contributed by atoms with van der Waals surface area (Å²) in [5, 5.41) is 0.401. The van der Waals surface area contributed by atoms with E-state index >= 15 is 0 Å². The van der Waals surface area contributed by atoms with E-state index in [0.717, 1.165) is 24.3 Å². The topological polar surface area (TPSA) is 20.3 Å². The molecule has 0 saturated carbocycles. The molecule has 80 valence electrons. The Hall–Kier alpha value is -0.830. The highest BCUT2D eigenvalue weighted by atomic mass is 79.9. The van der Waals surface area contributed by atoms with Gasteiger partial charge in [0.1, 0.15) is 0 Å². The van der Waals surface area contributed by atoms with Crippen molar-refractivity contribution in [3.8, 4) is 0 Å². The molecule has 15 heavy (non-hydrogen) atoms. The summed E-state index contributed by atoms with van der Waals surface area (Å²) in [6.45, 7) is 2.15. The van der Waals surface area contributed by atoms with Crippen molar-refractivity contribution >= 4 is 27.4 Å². The van der Waals surface area contributed by atoms with Crippen LogP contribution >= 0.6 is 15.9 Å². The fourth-order valence-corrected chi connectivity index (χ4v) is 2.32. The predicted octanol–water partition coefficient (Wildman–Crippen LogP) is 2.86. The van der Waals surface area contributed by atoms with Gasteiger partial charge < -0.3 is 4.90 Å². The van der Waals surface area contributed by atoms with Crippen molar-refractivity contribution in [2.75, 3.05) is 23.3 Å². The number of nitrogens with zero attached hydrogens (tertiary/aromatic N) is 1. The first-order chi connectivity index (χ1) is 7.33. The molecular weight excluding hydrogens is 254 g/mol. The molecule has 0 aliphatic carbocycles. The van der Waals surface area contributed by atoms with Gasteiger partial charge in [-0.2, -0.15) is 0 Å². The van der Waals surface area contributed by atoms with Gasteiger partial charge in [-0.25, -0.2) is 0 Å². The molecule has 1 fully saturated rings. The molecular formula is C12H14BrNO. The number of rotatable bonds is 3. The first-order valence-electron chi connectivity index (χ1n) is 5.26. The zero-order valence-corrected chi connectivity index (χ0v) is 10.2. The van der Waals surface area contributed by atoms with Crippen LogP contribution in [-0.2, 0) is 0 Å². The Kier molecular flexibility index (Phi) is 3.41. The normalized spacial score (nSPS) is 15.7. The van der Waals surface area contributed by atoms with E-state index in [2.05, 4.69) is 20.8 Å². The molecule has 1 aliphatic heterocycles. The van der Waals surface area contributed by atoms with E-state index in [1.807, 2.05) is 24.3 Å². The van der Waals surface area contributed by atoms with E-state index in [4.69, 9.17) is 0 Å². The molecule has 2 nitrogen and oxygen atoms in total. The molecule has 0 bridgehead atoms. The van der Waals surface area contributed by atoms with E-state index in [-0.39, 0.29) is 5.78 Å². The van der Waals surface area contributed by atoms with E-state index in [0.29, 0.717) is 5.33 Å². The van der Waals surface area contributed by atoms with Crippen LogP contribution < -0.4 is 4.90 Å². The second-order valence-corrected chi connectivity index (χ2v) is 4.33. The standard InChI is InChI=1S/C12H14BrNO/c13-9-12(15)10-5-1-2-6-11(10)14-7-3-4-8-14/h1-2,5-6H,3-4,7-9H2. The number of hydrogen-bond acceptors (Lipinski definition) is 2. The summed E-state index contributed by atoms with van der Waals surface area (Å²) in [6.07, 6.45) is 2.47. The molecule has 0 N–H and O–H groups in total. The highest BCUT2D eigenvalue weighted by Crippen LogP contribution is 2.25. The Labute approximate surface area is 98.4 Å². The number of para-hydroxylation sites is 1. The number of ketones is 1. The van der Waals surface area contributed by atoms with Crippen LogP contribution in [0.4, 0.5) is 5.69 Å². The monoisotopic (exact) mass is 267 g/mol. The van der Waals surface area contributed by atoms with Crippen molar-refractivity contribution in [2.45, 2.75) is 12.8 Å². The molecule has 1 aliphatic rings. The van der Waals surface area contributed by atoms with Gasteiger partial charge in [0.25, 0.3) is 0 Å². The fourth-order valence-electron chi connectivity index (χ4n) is 2.02. The number of benzene rings is 1. The molecule has 0 spiro atoms. The zero-order valence-electron chi connectivity index (χ0n) is 8.58.